The average molecular weight is 289 g/mol. The molecule has 3 heterocycles. The van der Waals surface area contributed by atoms with Gasteiger partial charge in [0.15, 0.2) is 11.6 Å². The van der Waals surface area contributed by atoms with E-state index in [1.54, 1.807) is 19.3 Å². The first-order valence-electron chi connectivity index (χ1n) is 7.01. The number of hydrogen-bond acceptors (Lipinski definition) is 4. The van der Waals surface area contributed by atoms with Gasteiger partial charge in [-0.15, -0.1) is 0 Å². The number of morpholine rings is 1. The van der Waals surface area contributed by atoms with Gasteiger partial charge in [0.1, 0.15) is 0 Å². The molecule has 1 amide bonds. The van der Waals surface area contributed by atoms with Crippen molar-refractivity contribution >= 4 is 5.91 Å². The van der Waals surface area contributed by atoms with Gasteiger partial charge in [0, 0.05) is 51.8 Å². The van der Waals surface area contributed by atoms with E-state index in [1.165, 1.54) is 0 Å². The van der Waals surface area contributed by atoms with Crippen molar-refractivity contribution in [2.24, 2.45) is 7.05 Å². The summed E-state index contributed by atoms with van der Waals surface area (Å²) >= 11 is 0. The van der Waals surface area contributed by atoms with Crippen molar-refractivity contribution in [3.63, 3.8) is 0 Å². The number of aryl methyl sites for hydroxylation is 1. The topological polar surface area (TPSA) is 65.2 Å². The van der Waals surface area contributed by atoms with Crippen molar-refractivity contribution in [1.29, 1.82) is 0 Å². The molecule has 7 nitrogen and oxygen atoms in total. The zero-order valence-electron chi connectivity index (χ0n) is 12.3. The molecule has 0 aliphatic carbocycles. The van der Waals surface area contributed by atoms with E-state index in [0.717, 1.165) is 11.6 Å². The largest absolute Gasteiger partial charge is 0.373 e. The smallest absolute Gasteiger partial charge is 0.219 e. The molecule has 1 fully saturated rings. The summed E-state index contributed by atoms with van der Waals surface area (Å²) in [7, 11) is 1.94. The number of amides is 1. The van der Waals surface area contributed by atoms with E-state index in [-0.39, 0.29) is 12.0 Å². The Labute approximate surface area is 123 Å². The summed E-state index contributed by atoms with van der Waals surface area (Å²) in [6.45, 7) is 4.12. The zero-order chi connectivity index (χ0) is 14.8. The molecule has 0 N–H and O–H groups in total. The molecule has 0 saturated carbocycles. The van der Waals surface area contributed by atoms with Crippen LogP contribution in [0.2, 0.25) is 0 Å². The summed E-state index contributed by atoms with van der Waals surface area (Å²) in [6.07, 6.45) is 7.30. The van der Waals surface area contributed by atoms with Crippen LogP contribution >= 0.6 is 0 Å². The molecule has 1 aliphatic heterocycles. The van der Waals surface area contributed by atoms with Crippen LogP contribution in [0.5, 0.6) is 0 Å². The Morgan fingerprint density at radius 1 is 1.33 bits per heavy atom. The van der Waals surface area contributed by atoms with Gasteiger partial charge < -0.3 is 18.8 Å². The summed E-state index contributed by atoms with van der Waals surface area (Å²) in [5, 5.41) is 0. The number of rotatable bonds is 3. The Bertz CT molecular complexity index is 633. The predicted octanol–water partition coefficient (Wildman–Crippen LogP) is 0.531. The van der Waals surface area contributed by atoms with Crippen molar-refractivity contribution in [2.45, 2.75) is 19.6 Å². The minimum absolute atomic E-state index is 0.0177. The van der Waals surface area contributed by atoms with E-state index in [1.807, 2.05) is 33.5 Å². The number of imidazole rings is 2. The molecule has 112 valence electrons. The Balaban J connectivity index is 1.76. The predicted molar refractivity (Wildman–Crippen MR) is 76.4 cm³/mol. The van der Waals surface area contributed by atoms with Gasteiger partial charge in [0.2, 0.25) is 5.91 Å². The van der Waals surface area contributed by atoms with Gasteiger partial charge in [-0.1, -0.05) is 0 Å². The molecule has 0 unspecified atom stereocenters. The second-order valence-corrected chi connectivity index (χ2v) is 5.22. The molecule has 0 aromatic carbocycles. The summed E-state index contributed by atoms with van der Waals surface area (Å²) in [5.74, 6) is 1.73. The van der Waals surface area contributed by atoms with Crippen molar-refractivity contribution in [3.8, 4) is 11.6 Å². The van der Waals surface area contributed by atoms with E-state index in [4.69, 9.17) is 4.74 Å². The quantitative estimate of drug-likeness (QED) is 0.827. The molecular weight excluding hydrogens is 270 g/mol. The highest BCUT2D eigenvalue weighted by Gasteiger charge is 2.23. The zero-order valence-corrected chi connectivity index (χ0v) is 12.3. The summed E-state index contributed by atoms with van der Waals surface area (Å²) in [5.41, 5.74) is 0. The van der Waals surface area contributed by atoms with Crippen LogP contribution in [0.3, 0.4) is 0 Å². The molecule has 1 saturated heterocycles. The second-order valence-electron chi connectivity index (χ2n) is 5.22. The highest BCUT2D eigenvalue weighted by Crippen LogP contribution is 2.16. The molecule has 2 aromatic heterocycles. The van der Waals surface area contributed by atoms with Gasteiger partial charge in [-0.05, 0) is 0 Å². The lowest BCUT2D eigenvalue weighted by atomic mass is 10.2. The SMILES string of the molecule is CC(=O)N1CCO[C@@H](Cn2ccnc2-c2nccn2C)C1. The minimum Gasteiger partial charge on any atom is -0.373 e. The summed E-state index contributed by atoms with van der Waals surface area (Å²) in [6, 6.07) is 0. The van der Waals surface area contributed by atoms with Crippen LogP contribution in [0.4, 0.5) is 0 Å². The second kappa shape index (κ2) is 5.69. The van der Waals surface area contributed by atoms with Gasteiger partial charge >= 0.3 is 0 Å². The Hall–Kier alpha value is -2.15. The van der Waals surface area contributed by atoms with E-state index in [9.17, 15) is 4.79 Å². The Kier molecular flexibility index (Phi) is 3.74. The molecule has 0 radical (unpaired) electrons. The maximum absolute atomic E-state index is 11.5. The third-order valence-corrected chi connectivity index (χ3v) is 3.72. The molecule has 1 aliphatic rings. The van der Waals surface area contributed by atoms with Crippen molar-refractivity contribution in [1.82, 2.24) is 24.0 Å². The normalized spacial score (nSPS) is 19.0. The maximum Gasteiger partial charge on any atom is 0.219 e. The van der Waals surface area contributed by atoms with Gasteiger partial charge in [-0.2, -0.15) is 0 Å². The first-order valence-corrected chi connectivity index (χ1v) is 7.01. The van der Waals surface area contributed by atoms with Crippen molar-refractivity contribution in [2.75, 3.05) is 19.7 Å². The number of aromatic nitrogens is 4. The maximum atomic E-state index is 11.5. The molecule has 0 spiro atoms. The number of carbonyl (C=O) groups is 1. The third kappa shape index (κ3) is 2.82. The van der Waals surface area contributed by atoms with E-state index >= 15 is 0 Å². The lowest BCUT2D eigenvalue weighted by molar-refractivity contribution is -0.136. The first kappa shape index (κ1) is 13.8. The van der Waals surface area contributed by atoms with Gasteiger partial charge in [-0.3, -0.25) is 4.79 Å². The molecule has 7 heteroatoms. The molecule has 21 heavy (non-hydrogen) atoms. The lowest BCUT2D eigenvalue weighted by Crippen LogP contribution is -2.46. The number of carbonyl (C=O) groups excluding carboxylic acids is 1. The van der Waals surface area contributed by atoms with Crippen LogP contribution in [-0.2, 0) is 23.1 Å². The standard InChI is InChI=1S/C14H19N5O2/c1-11(20)18-7-8-21-12(9-18)10-19-6-4-16-14(19)13-15-3-5-17(13)2/h3-6,12H,7-10H2,1-2H3/t12-/m1/s1. The fourth-order valence-electron chi connectivity index (χ4n) is 2.58. The number of nitrogens with zero attached hydrogens (tertiary/aromatic N) is 5. The molecule has 0 bridgehead atoms. The van der Waals surface area contributed by atoms with Gasteiger partial charge in [-0.25, -0.2) is 9.97 Å². The van der Waals surface area contributed by atoms with Crippen LogP contribution in [0.25, 0.3) is 11.6 Å². The van der Waals surface area contributed by atoms with Crippen LogP contribution in [-0.4, -0.2) is 55.7 Å². The van der Waals surface area contributed by atoms with Crippen LogP contribution < -0.4 is 0 Å². The fourth-order valence-corrected chi connectivity index (χ4v) is 2.58. The highest BCUT2D eigenvalue weighted by molar-refractivity contribution is 5.73. The number of hydrogen-bond donors (Lipinski definition) is 0. The van der Waals surface area contributed by atoms with Crippen molar-refractivity contribution in [3.05, 3.63) is 24.8 Å². The van der Waals surface area contributed by atoms with E-state index in [0.29, 0.717) is 26.2 Å². The van der Waals surface area contributed by atoms with Gasteiger partial charge in [0.05, 0.1) is 19.3 Å². The molecule has 3 rings (SSSR count). The Morgan fingerprint density at radius 2 is 2.10 bits per heavy atom. The monoisotopic (exact) mass is 289 g/mol. The third-order valence-electron chi connectivity index (χ3n) is 3.72. The van der Waals surface area contributed by atoms with E-state index in [2.05, 4.69) is 9.97 Å². The number of ether oxygens (including phenoxy) is 1. The van der Waals surface area contributed by atoms with Crippen LogP contribution in [0, 0.1) is 0 Å². The fraction of sp³-hybridized carbons (Fsp3) is 0.500. The van der Waals surface area contributed by atoms with Crippen LogP contribution in [0.1, 0.15) is 6.92 Å². The Morgan fingerprint density at radius 3 is 2.81 bits per heavy atom. The minimum atomic E-state index is -0.0177. The first-order chi connectivity index (χ1) is 10.1. The highest BCUT2D eigenvalue weighted by atomic mass is 16.5. The lowest BCUT2D eigenvalue weighted by Gasteiger charge is -2.32. The summed E-state index contributed by atoms with van der Waals surface area (Å²) < 4.78 is 9.72. The average Bonchev–Trinajstić information content (AvgIpc) is 3.07. The van der Waals surface area contributed by atoms with Crippen molar-refractivity contribution < 1.29 is 9.53 Å². The molecular formula is C14H19N5O2. The summed E-state index contributed by atoms with van der Waals surface area (Å²) in [4.78, 5) is 22.0. The molecule has 2 aromatic rings. The van der Waals surface area contributed by atoms with Crippen LogP contribution in [0.15, 0.2) is 24.8 Å². The van der Waals surface area contributed by atoms with Gasteiger partial charge in [0.25, 0.3) is 0 Å². The van der Waals surface area contributed by atoms with E-state index < -0.39 is 0 Å². The molecule has 1 atom stereocenters.